The summed E-state index contributed by atoms with van der Waals surface area (Å²) in [4.78, 5) is 0. The lowest BCUT2D eigenvalue weighted by Gasteiger charge is -2.45. The minimum Gasteiger partial charge on any atom is -0.394 e. The van der Waals surface area contributed by atoms with Crippen LogP contribution < -0.4 is 0 Å². The zero-order valence-corrected chi connectivity index (χ0v) is 13.0. The molecule has 2 saturated heterocycles. The number of hydrogen-bond donors (Lipinski definition) is 7. The van der Waals surface area contributed by atoms with Gasteiger partial charge in [0.15, 0.2) is 12.6 Å². The van der Waals surface area contributed by atoms with Gasteiger partial charge in [0.05, 0.1) is 13.2 Å². The molecule has 2 rings (SSSR count). The Morgan fingerprint density at radius 2 is 1.24 bits per heavy atom. The highest BCUT2D eigenvalue weighted by molar-refractivity contribution is 4.93. The lowest BCUT2D eigenvalue weighted by Crippen LogP contribution is -2.64. The van der Waals surface area contributed by atoms with Gasteiger partial charge in [-0.25, -0.2) is 0 Å². The fourth-order valence-corrected chi connectivity index (χ4v) is 2.75. The van der Waals surface area contributed by atoms with E-state index in [1.807, 2.05) is 0 Å². The quantitative estimate of drug-likeness (QED) is 0.249. The number of methoxy groups -OCH3 is 1. The predicted molar refractivity (Wildman–Crippen MR) is 80.1 cm³/mol. The topological polar surface area (TPSA) is 179 Å². The molecule has 0 spiro atoms. The van der Waals surface area contributed by atoms with Gasteiger partial charge in [-0.2, -0.15) is 0 Å². The van der Waals surface area contributed by atoms with E-state index in [0.717, 1.165) is 0 Å². The number of ether oxygens (including phenoxy) is 4. The van der Waals surface area contributed by atoms with Crippen LogP contribution in [0, 0.1) is 0 Å². The largest absolute Gasteiger partial charge is 0.394 e. The molecule has 11 heteroatoms. The molecule has 0 aromatic rings. The van der Waals surface area contributed by atoms with Crippen LogP contribution in [-0.2, 0) is 18.9 Å². The molecular formula is C14H28O11. The van der Waals surface area contributed by atoms with E-state index in [1.54, 1.807) is 0 Å². The summed E-state index contributed by atoms with van der Waals surface area (Å²) in [6.45, 7) is -1.24. The van der Waals surface area contributed by atoms with E-state index < -0.39 is 74.6 Å². The summed E-state index contributed by atoms with van der Waals surface area (Å²) in [5.41, 5.74) is 0. The van der Waals surface area contributed by atoms with Crippen molar-refractivity contribution in [2.24, 2.45) is 0 Å². The van der Waals surface area contributed by atoms with Gasteiger partial charge >= 0.3 is 0 Å². The summed E-state index contributed by atoms with van der Waals surface area (Å²) in [7, 11) is 1.24. The van der Waals surface area contributed by atoms with Crippen molar-refractivity contribution in [3.63, 3.8) is 0 Å². The summed E-state index contributed by atoms with van der Waals surface area (Å²) in [6.07, 6.45) is -14.3. The molecule has 2 aliphatic heterocycles. The molecule has 10 atom stereocenters. The highest BCUT2D eigenvalue weighted by Crippen LogP contribution is 2.29. The second kappa shape index (κ2) is 9.48. The zero-order valence-electron chi connectivity index (χ0n) is 13.0. The molecule has 0 radical (unpaired) electrons. The van der Waals surface area contributed by atoms with Crippen LogP contribution in [0.5, 0.6) is 0 Å². The molecule has 0 saturated carbocycles. The van der Waals surface area contributed by atoms with Crippen molar-refractivity contribution in [3.8, 4) is 0 Å². The van der Waals surface area contributed by atoms with Crippen molar-refractivity contribution in [2.75, 3.05) is 20.3 Å². The molecule has 0 bridgehead atoms. The first-order valence-corrected chi connectivity index (χ1v) is 7.46. The fraction of sp³-hybridized carbons (Fsp3) is 1.00. The number of hydrogen-bond acceptors (Lipinski definition) is 11. The van der Waals surface area contributed by atoms with E-state index in [0.29, 0.717) is 0 Å². The smallest absolute Gasteiger partial charge is 0.187 e. The summed E-state index contributed by atoms with van der Waals surface area (Å²) in [5.74, 6) is 0. The van der Waals surface area contributed by atoms with E-state index >= 15 is 0 Å². The van der Waals surface area contributed by atoms with Crippen LogP contribution in [0.4, 0.5) is 0 Å². The maximum absolute atomic E-state index is 10.2. The summed E-state index contributed by atoms with van der Waals surface area (Å²) < 4.78 is 20.6. The predicted octanol–water partition coefficient (Wildman–Crippen LogP) is -4.11. The van der Waals surface area contributed by atoms with Gasteiger partial charge in [0, 0.05) is 7.11 Å². The standard InChI is InChI=1S/C13H24O11.CH4/c1-21-12-10(20)8(18)11(5(3-15)23-12)24-13-9(19)7(17)6(16)4(2-14)22-13;/h4-20H,2-3H2,1H3;1H4/t4-,5-,6-,7+,8-,9-,10-,11-,12-,13-;/m1./s1. The maximum atomic E-state index is 10.2. The molecule has 0 aliphatic carbocycles. The Morgan fingerprint density at radius 3 is 1.76 bits per heavy atom. The summed E-state index contributed by atoms with van der Waals surface area (Å²) in [6, 6.07) is 0. The first-order valence-electron chi connectivity index (χ1n) is 7.46. The zero-order chi connectivity index (χ0) is 18.0. The molecule has 150 valence electrons. The first kappa shape index (κ1) is 22.6. The molecule has 0 aromatic carbocycles. The average Bonchev–Trinajstić information content (AvgIpc) is 2.59. The molecule has 2 heterocycles. The Labute approximate surface area is 144 Å². The van der Waals surface area contributed by atoms with Crippen LogP contribution in [-0.4, -0.2) is 117 Å². The monoisotopic (exact) mass is 372 g/mol. The Hall–Kier alpha value is -0.440. The highest BCUT2D eigenvalue weighted by atomic mass is 16.7. The van der Waals surface area contributed by atoms with Crippen molar-refractivity contribution in [2.45, 2.75) is 68.8 Å². The molecular weight excluding hydrogens is 344 g/mol. The van der Waals surface area contributed by atoms with E-state index in [2.05, 4.69) is 0 Å². The minimum atomic E-state index is -1.69. The van der Waals surface area contributed by atoms with Crippen molar-refractivity contribution < 1.29 is 54.7 Å². The summed E-state index contributed by atoms with van der Waals surface area (Å²) >= 11 is 0. The van der Waals surface area contributed by atoms with Crippen molar-refractivity contribution in [1.29, 1.82) is 0 Å². The second-order valence-electron chi connectivity index (χ2n) is 5.74. The number of aliphatic hydroxyl groups is 7. The van der Waals surface area contributed by atoms with Gasteiger partial charge in [-0.1, -0.05) is 7.43 Å². The van der Waals surface area contributed by atoms with Gasteiger partial charge in [-0.3, -0.25) is 0 Å². The lowest BCUT2D eigenvalue weighted by atomic mass is 9.97. The van der Waals surface area contributed by atoms with E-state index in [1.165, 1.54) is 7.11 Å². The first-order chi connectivity index (χ1) is 11.3. The van der Waals surface area contributed by atoms with Gasteiger partial charge in [0.25, 0.3) is 0 Å². The third-order valence-electron chi connectivity index (χ3n) is 4.19. The van der Waals surface area contributed by atoms with Crippen LogP contribution >= 0.6 is 0 Å². The highest BCUT2D eigenvalue weighted by Gasteiger charge is 2.50. The fourth-order valence-electron chi connectivity index (χ4n) is 2.75. The SMILES string of the molecule is C.CO[C@@H]1O[C@H](CO)[C@@H](O[C@H]2O[C@H](CO)[C@@H](O)[C@H](O)[C@H]2O)[C@H](O)[C@H]1O. The van der Waals surface area contributed by atoms with Crippen LogP contribution in [0.15, 0.2) is 0 Å². The molecule has 11 nitrogen and oxygen atoms in total. The average molecular weight is 372 g/mol. The van der Waals surface area contributed by atoms with Gasteiger partial charge < -0.3 is 54.7 Å². The van der Waals surface area contributed by atoms with Gasteiger partial charge in [0.1, 0.15) is 48.8 Å². The lowest BCUT2D eigenvalue weighted by molar-refractivity contribution is -0.357. The van der Waals surface area contributed by atoms with Crippen LogP contribution in [0.2, 0.25) is 0 Å². The molecule has 25 heavy (non-hydrogen) atoms. The molecule has 2 aliphatic rings. The van der Waals surface area contributed by atoms with Crippen molar-refractivity contribution >= 4 is 0 Å². The summed E-state index contributed by atoms with van der Waals surface area (Å²) in [5, 5.41) is 68.0. The van der Waals surface area contributed by atoms with E-state index in [-0.39, 0.29) is 7.43 Å². The van der Waals surface area contributed by atoms with E-state index in [4.69, 9.17) is 24.1 Å². The molecule has 0 amide bonds. The van der Waals surface area contributed by atoms with Crippen LogP contribution in [0.1, 0.15) is 7.43 Å². The van der Waals surface area contributed by atoms with Crippen LogP contribution in [0.25, 0.3) is 0 Å². The Balaban J connectivity index is 0.00000312. The Kier molecular flexibility index (Phi) is 8.57. The number of aliphatic hydroxyl groups excluding tert-OH is 7. The van der Waals surface area contributed by atoms with Crippen molar-refractivity contribution in [3.05, 3.63) is 0 Å². The van der Waals surface area contributed by atoms with E-state index in [9.17, 15) is 30.6 Å². The Bertz CT molecular complexity index is 393. The van der Waals surface area contributed by atoms with Crippen LogP contribution in [0.3, 0.4) is 0 Å². The molecule has 7 N–H and O–H groups in total. The minimum absolute atomic E-state index is 0. The van der Waals surface area contributed by atoms with Gasteiger partial charge in [-0.15, -0.1) is 0 Å². The molecule has 0 unspecified atom stereocenters. The maximum Gasteiger partial charge on any atom is 0.187 e. The Morgan fingerprint density at radius 1 is 0.720 bits per heavy atom. The third-order valence-corrected chi connectivity index (χ3v) is 4.19. The second-order valence-corrected chi connectivity index (χ2v) is 5.74. The van der Waals surface area contributed by atoms with Crippen molar-refractivity contribution in [1.82, 2.24) is 0 Å². The number of rotatable bonds is 5. The third kappa shape index (κ3) is 4.46. The normalized spacial score (nSPS) is 48.0. The molecule has 0 aromatic heterocycles. The molecule has 2 fully saturated rings. The van der Waals surface area contributed by atoms with Gasteiger partial charge in [-0.05, 0) is 0 Å². The van der Waals surface area contributed by atoms with Gasteiger partial charge in [0.2, 0.25) is 0 Å².